The van der Waals surface area contributed by atoms with Gasteiger partial charge >= 0.3 is 0 Å². The smallest absolute Gasteiger partial charge is 0.187 e. The summed E-state index contributed by atoms with van der Waals surface area (Å²) in [5.41, 5.74) is 3.24. The van der Waals surface area contributed by atoms with E-state index in [1.807, 2.05) is 13.1 Å². The standard InChI is InChI=1S/C15H21N3OS/c1-10(2)8-16-18-14(19)9-20-15(18)17-13-7-11(3)5-6-12(13)4/h5-8,10,14,19H,9H2,1-4H3/b16-8+,17-15?. The highest BCUT2D eigenvalue weighted by atomic mass is 32.2. The molecule has 1 unspecified atom stereocenters. The number of hydrazone groups is 1. The van der Waals surface area contributed by atoms with Crippen molar-refractivity contribution in [2.75, 3.05) is 5.75 Å². The van der Waals surface area contributed by atoms with Crippen LogP contribution < -0.4 is 0 Å². The van der Waals surface area contributed by atoms with Gasteiger partial charge in [0.05, 0.1) is 5.69 Å². The minimum absolute atomic E-state index is 0.342. The minimum Gasteiger partial charge on any atom is -0.371 e. The Bertz CT molecular complexity index is 540. The van der Waals surface area contributed by atoms with E-state index in [0.717, 1.165) is 16.4 Å². The van der Waals surface area contributed by atoms with Crippen LogP contribution in [0, 0.1) is 19.8 Å². The van der Waals surface area contributed by atoms with Crippen LogP contribution in [0.4, 0.5) is 5.69 Å². The van der Waals surface area contributed by atoms with E-state index in [-0.39, 0.29) is 0 Å². The topological polar surface area (TPSA) is 48.2 Å². The molecule has 0 aromatic heterocycles. The van der Waals surface area contributed by atoms with Gasteiger partial charge in [-0.25, -0.2) is 10.0 Å². The number of hydrogen-bond acceptors (Lipinski definition) is 4. The summed E-state index contributed by atoms with van der Waals surface area (Å²) in [5, 5.41) is 16.7. The molecule has 1 aliphatic heterocycles. The number of rotatable bonds is 3. The lowest BCUT2D eigenvalue weighted by atomic mass is 10.1. The van der Waals surface area contributed by atoms with Crippen LogP contribution in [0.1, 0.15) is 25.0 Å². The molecule has 108 valence electrons. The van der Waals surface area contributed by atoms with Crippen molar-refractivity contribution in [2.24, 2.45) is 16.0 Å². The molecule has 1 aliphatic rings. The fourth-order valence-corrected chi connectivity index (χ4v) is 2.67. The second-order valence-corrected chi connectivity index (χ2v) is 6.32. The molecule has 1 N–H and O–H groups in total. The van der Waals surface area contributed by atoms with Crippen LogP contribution in [0.5, 0.6) is 0 Å². The van der Waals surface area contributed by atoms with Crippen molar-refractivity contribution < 1.29 is 5.11 Å². The van der Waals surface area contributed by atoms with Gasteiger partial charge in [0.25, 0.3) is 0 Å². The van der Waals surface area contributed by atoms with E-state index in [0.29, 0.717) is 11.7 Å². The Balaban J connectivity index is 2.29. The number of aliphatic imine (C=N–C) groups is 1. The zero-order valence-electron chi connectivity index (χ0n) is 12.4. The fraction of sp³-hybridized carbons (Fsp3) is 0.467. The Kier molecular flexibility index (Phi) is 4.83. The summed E-state index contributed by atoms with van der Waals surface area (Å²) in [7, 11) is 0. The van der Waals surface area contributed by atoms with Crippen LogP contribution in [0.25, 0.3) is 0 Å². The maximum atomic E-state index is 9.98. The maximum Gasteiger partial charge on any atom is 0.187 e. The average Bonchev–Trinajstić information content (AvgIpc) is 2.72. The Hall–Kier alpha value is -1.33. The van der Waals surface area contributed by atoms with E-state index in [4.69, 9.17) is 0 Å². The summed E-state index contributed by atoms with van der Waals surface area (Å²) in [6.07, 6.45) is 1.23. The molecule has 1 heterocycles. The second kappa shape index (κ2) is 6.41. The molecule has 0 radical (unpaired) electrons. The number of aryl methyl sites for hydroxylation is 2. The molecule has 0 saturated carbocycles. The molecule has 1 aromatic carbocycles. The zero-order valence-corrected chi connectivity index (χ0v) is 13.2. The highest BCUT2D eigenvalue weighted by Crippen LogP contribution is 2.28. The first-order valence-corrected chi connectivity index (χ1v) is 7.76. The SMILES string of the molecule is Cc1ccc(C)c(N=C2SCC(O)N2/N=C/C(C)C)c1. The summed E-state index contributed by atoms with van der Waals surface area (Å²) in [6.45, 7) is 8.20. The number of aliphatic hydroxyl groups is 1. The van der Waals surface area contributed by atoms with Crippen LogP contribution >= 0.6 is 11.8 Å². The molecule has 1 aromatic rings. The molecule has 0 aliphatic carbocycles. The van der Waals surface area contributed by atoms with E-state index in [9.17, 15) is 5.11 Å². The normalized spacial score (nSPS) is 21.6. The first-order valence-electron chi connectivity index (χ1n) is 6.77. The van der Waals surface area contributed by atoms with Crippen molar-refractivity contribution in [3.63, 3.8) is 0 Å². The minimum atomic E-state index is -0.598. The molecule has 20 heavy (non-hydrogen) atoms. The van der Waals surface area contributed by atoms with Gasteiger partial charge in [-0.2, -0.15) is 5.10 Å². The van der Waals surface area contributed by atoms with Crippen LogP contribution in [0.15, 0.2) is 28.3 Å². The van der Waals surface area contributed by atoms with Gasteiger partial charge in [-0.15, -0.1) is 0 Å². The average molecular weight is 291 g/mol. The number of hydrogen-bond donors (Lipinski definition) is 1. The summed E-state index contributed by atoms with van der Waals surface area (Å²) in [5.74, 6) is 0.939. The quantitative estimate of drug-likeness (QED) is 0.869. The summed E-state index contributed by atoms with van der Waals surface area (Å²) < 4.78 is 0. The third kappa shape index (κ3) is 3.61. The summed E-state index contributed by atoms with van der Waals surface area (Å²) in [4.78, 5) is 4.66. The van der Waals surface area contributed by atoms with Crippen LogP contribution in [-0.4, -0.2) is 33.5 Å². The molecule has 0 amide bonds. The molecule has 0 spiro atoms. The van der Waals surface area contributed by atoms with Crippen LogP contribution in [-0.2, 0) is 0 Å². The number of amidine groups is 1. The lowest BCUT2D eigenvalue weighted by Gasteiger charge is -2.16. The lowest BCUT2D eigenvalue weighted by molar-refractivity contribution is 0.0850. The van der Waals surface area contributed by atoms with Crippen molar-refractivity contribution in [3.8, 4) is 0 Å². The third-order valence-electron chi connectivity index (χ3n) is 2.91. The molecule has 1 fully saturated rings. The van der Waals surface area contributed by atoms with Gasteiger partial charge in [-0.05, 0) is 37.0 Å². The predicted octanol–water partition coefficient (Wildman–Crippen LogP) is 3.30. The molecular weight excluding hydrogens is 270 g/mol. The Morgan fingerprint density at radius 1 is 1.40 bits per heavy atom. The third-order valence-corrected chi connectivity index (χ3v) is 3.91. The maximum absolute atomic E-state index is 9.98. The molecule has 1 atom stereocenters. The zero-order chi connectivity index (χ0) is 14.7. The van der Waals surface area contributed by atoms with Crippen molar-refractivity contribution in [2.45, 2.75) is 33.9 Å². The first-order chi connectivity index (χ1) is 9.47. The molecule has 5 heteroatoms. The fourth-order valence-electron chi connectivity index (χ4n) is 1.77. The van der Waals surface area contributed by atoms with E-state index in [1.165, 1.54) is 17.3 Å². The predicted molar refractivity (Wildman–Crippen MR) is 86.6 cm³/mol. The van der Waals surface area contributed by atoms with Gasteiger partial charge in [0.2, 0.25) is 0 Å². The summed E-state index contributed by atoms with van der Waals surface area (Å²) in [6, 6.07) is 6.19. The van der Waals surface area contributed by atoms with Crippen molar-refractivity contribution in [1.29, 1.82) is 0 Å². The Labute approximate surface area is 124 Å². The Morgan fingerprint density at radius 2 is 2.15 bits per heavy atom. The highest BCUT2D eigenvalue weighted by Gasteiger charge is 2.28. The van der Waals surface area contributed by atoms with Crippen molar-refractivity contribution in [1.82, 2.24) is 5.01 Å². The second-order valence-electron chi connectivity index (χ2n) is 5.33. The van der Waals surface area contributed by atoms with E-state index >= 15 is 0 Å². The number of nitrogens with zero attached hydrogens (tertiary/aromatic N) is 3. The molecule has 4 nitrogen and oxygen atoms in total. The highest BCUT2D eigenvalue weighted by molar-refractivity contribution is 8.14. The van der Waals surface area contributed by atoms with Crippen molar-refractivity contribution >= 4 is 28.8 Å². The van der Waals surface area contributed by atoms with Gasteiger partial charge in [-0.1, -0.05) is 37.7 Å². The van der Waals surface area contributed by atoms with Gasteiger partial charge < -0.3 is 5.11 Å². The monoisotopic (exact) mass is 291 g/mol. The molecule has 2 rings (SSSR count). The van der Waals surface area contributed by atoms with E-state index in [1.54, 1.807) is 5.01 Å². The first kappa shape index (κ1) is 15.1. The van der Waals surface area contributed by atoms with Crippen LogP contribution in [0.2, 0.25) is 0 Å². The van der Waals surface area contributed by atoms with E-state index in [2.05, 4.69) is 49.1 Å². The Morgan fingerprint density at radius 3 is 2.85 bits per heavy atom. The molecule has 0 bridgehead atoms. The van der Waals surface area contributed by atoms with E-state index < -0.39 is 6.23 Å². The summed E-state index contributed by atoms with van der Waals surface area (Å²) >= 11 is 1.53. The number of thioether (sulfide) groups is 1. The van der Waals surface area contributed by atoms with Gasteiger partial charge in [-0.3, -0.25) is 0 Å². The lowest BCUT2D eigenvalue weighted by Crippen LogP contribution is -2.29. The van der Waals surface area contributed by atoms with Crippen molar-refractivity contribution in [3.05, 3.63) is 29.3 Å². The molecular formula is C15H21N3OS. The largest absolute Gasteiger partial charge is 0.371 e. The van der Waals surface area contributed by atoms with Crippen LogP contribution in [0.3, 0.4) is 0 Å². The number of benzene rings is 1. The van der Waals surface area contributed by atoms with Gasteiger partial charge in [0.15, 0.2) is 11.4 Å². The molecule has 1 saturated heterocycles. The number of aliphatic hydroxyl groups excluding tert-OH is 1. The van der Waals surface area contributed by atoms with Gasteiger partial charge in [0.1, 0.15) is 0 Å². The van der Waals surface area contributed by atoms with Gasteiger partial charge in [0, 0.05) is 12.0 Å².